The number of thiazole rings is 1. The number of benzene rings is 1. The van der Waals surface area contributed by atoms with E-state index in [4.69, 9.17) is 10.4 Å². The van der Waals surface area contributed by atoms with Crippen molar-refractivity contribution >= 4 is 39.2 Å². The molecular weight excluding hydrogens is 465 g/mol. The molecule has 1 aliphatic carbocycles. The summed E-state index contributed by atoms with van der Waals surface area (Å²) in [7, 11) is 1.66. The number of nitrogens with one attached hydrogen (secondary N) is 3. The molecule has 8 nitrogen and oxygen atoms in total. The number of rotatable bonds is 4. The predicted octanol–water partition coefficient (Wildman–Crippen LogP) is 4.20. The first kappa shape index (κ1) is 23.1. The van der Waals surface area contributed by atoms with Gasteiger partial charge in [-0.05, 0) is 38.1 Å². The molecule has 0 bridgehead atoms. The number of halogens is 1. The number of hydrogen-bond donors (Lipinski definition) is 4. The molecule has 2 atom stereocenters. The van der Waals surface area contributed by atoms with E-state index in [2.05, 4.69) is 45.4 Å². The largest absolute Gasteiger partial charge is 0.504 e. The molecule has 0 amide bonds. The summed E-state index contributed by atoms with van der Waals surface area (Å²) in [6.07, 6.45) is 4.73. The van der Waals surface area contributed by atoms with Gasteiger partial charge in [-0.15, -0.1) is 11.3 Å². The molecule has 0 radical (unpaired) electrons. The van der Waals surface area contributed by atoms with E-state index in [1.165, 1.54) is 23.6 Å². The molecule has 3 aromatic rings. The van der Waals surface area contributed by atoms with Crippen LogP contribution < -0.4 is 15.5 Å². The molecule has 180 valence electrons. The molecule has 5 rings (SSSR count). The van der Waals surface area contributed by atoms with Crippen LogP contribution in [0.1, 0.15) is 19.7 Å². The van der Waals surface area contributed by atoms with Gasteiger partial charge in [-0.3, -0.25) is 5.41 Å². The monoisotopic (exact) mass is 491 g/mol. The summed E-state index contributed by atoms with van der Waals surface area (Å²) in [6.45, 7) is 6.12. The highest BCUT2D eigenvalue weighted by atomic mass is 32.1. The summed E-state index contributed by atoms with van der Waals surface area (Å²) in [5, 5.41) is 28.3. The minimum atomic E-state index is -1.01. The van der Waals surface area contributed by atoms with Crippen LogP contribution >= 0.6 is 11.3 Å². The van der Waals surface area contributed by atoms with Crippen molar-refractivity contribution in [2.24, 2.45) is 0 Å². The maximum absolute atomic E-state index is 14.7. The average molecular weight is 492 g/mol. The molecular formula is C25H26FN7OS. The van der Waals surface area contributed by atoms with Gasteiger partial charge in [0, 0.05) is 66.6 Å². The number of anilines is 1. The molecule has 0 spiro atoms. The number of allylic oxidation sites excluding steroid dienone is 4. The minimum Gasteiger partial charge on any atom is -0.504 e. The van der Waals surface area contributed by atoms with E-state index in [1.807, 2.05) is 17.5 Å². The first-order valence-electron chi connectivity index (χ1n) is 11.4. The van der Waals surface area contributed by atoms with E-state index in [9.17, 15) is 9.50 Å². The summed E-state index contributed by atoms with van der Waals surface area (Å²) in [5.41, 5.74) is 2.36. The molecule has 2 aliphatic rings. The first-order chi connectivity index (χ1) is 16.9. The highest BCUT2D eigenvalue weighted by Gasteiger charge is 2.28. The predicted molar refractivity (Wildman–Crippen MR) is 139 cm³/mol. The Morgan fingerprint density at radius 3 is 2.71 bits per heavy atom. The normalized spacial score (nSPS) is 22.2. The lowest BCUT2D eigenvalue weighted by Crippen LogP contribution is -2.54. The number of piperazine rings is 1. The second-order valence-electron chi connectivity index (χ2n) is 8.79. The molecule has 0 saturated carbocycles. The van der Waals surface area contributed by atoms with Crippen molar-refractivity contribution in [3.63, 3.8) is 0 Å². The minimum absolute atomic E-state index is 0.119. The Balaban J connectivity index is 1.67. The van der Waals surface area contributed by atoms with Crippen molar-refractivity contribution < 1.29 is 9.50 Å². The smallest absolute Gasteiger partial charge is 0.191 e. The number of aromatic nitrogens is 3. The molecule has 4 N–H and O–H groups in total. The number of hydrogen-bond acceptors (Lipinski definition) is 9. The Bertz CT molecular complexity index is 1390. The van der Waals surface area contributed by atoms with E-state index in [1.54, 1.807) is 13.2 Å². The standard InChI is InChI=1S/C25H26FN7OS/c1-13-11-33(12-14(2)30-13)16-4-5-19-17(9-16)22(25-29-6-7-35-25)32-24(31-19)18-8-15(10-28-3)21(27)20(26)23(18)34/h4-10,13-14,27-28,30,34H,11-12H2,1-3H3/b15-10-,27-21?. The van der Waals surface area contributed by atoms with E-state index < -0.39 is 17.3 Å². The number of nitrogens with zero attached hydrogens (tertiary/aromatic N) is 4. The Labute approximate surface area is 206 Å². The highest BCUT2D eigenvalue weighted by Crippen LogP contribution is 2.36. The van der Waals surface area contributed by atoms with E-state index in [-0.39, 0.29) is 17.0 Å². The van der Waals surface area contributed by atoms with Gasteiger partial charge in [-0.1, -0.05) is 0 Å². The summed E-state index contributed by atoms with van der Waals surface area (Å²) >= 11 is 1.45. The maximum atomic E-state index is 14.7. The van der Waals surface area contributed by atoms with Gasteiger partial charge in [0.05, 0.1) is 11.1 Å². The SMILES string of the molecule is CN/C=C1/C=C(c2nc(-c3nccs3)c3cc(N4CC(C)NC(C)C4)ccc3n2)C(O)=C(F)C1=N. The maximum Gasteiger partial charge on any atom is 0.191 e. The second-order valence-corrected chi connectivity index (χ2v) is 9.69. The molecule has 1 aromatic carbocycles. The van der Waals surface area contributed by atoms with Crippen LogP contribution in [0.5, 0.6) is 0 Å². The second kappa shape index (κ2) is 9.20. The average Bonchev–Trinajstić information content (AvgIpc) is 3.38. The molecule has 3 heterocycles. The summed E-state index contributed by atoms with van der Waals surface area (Å²) in [4.78, 5) is 16.2. The van der Waals surface area contributed by atoms with Crippen molar-refractivity contribution in [3.8, 4) is 10.7 Å². The fraction of sp³-hybridized carbons (Fsp3) is 0.280. The third kappa shape index (κ3) is 4.30. The highest BCUT2D eigenvalue weighted by molar-refractivity contribution is 7.13. The van der Waals surface area contributed by atoms with Gasteiger partial charge < -0.3 is 20.6 Å². The van der Waals surface area contributed by atoms with Crippen molar-refractivity contribution in [3.05, 3.63) is 65.0 Å². The lowest BCUT2D eigenvalue weighted by atomic mass is 9.97. The topological polar surface area (TPSA) is 110 Å². The van der Waals surface area contributed by atoms with Crippen molar-refractivity contribution in [2.75, 3.05) is 25.0 Å². The van der Waals surface area contributed by atoms with Crippen LogP contribution in [-0.4, -0.2) is 58.0 Å². The molecule has 2 unspecified atom stereocenters. The molecule has 35 heavy (non-hydrogen) atoms. The van der Waals surface area contributed by atoms with Gasteiger partial charge in [0.2, 0.25) is 0 Å². The van der Waals surface area contributed by atoms with Gasteiger partial charge >= 0.3 is 0 Å². The summed E-state index contributed by atoms with van der Waals surface area (Å²) < 4.78 is 14.7. The third-order valence-corrected chi connectivity index (χ3v) is 6.83. The van der Waals surface area contributed by atoms with Crippen LogP contribution in [0.2, 0.25) is 0 Å². The van der Waals surface area contributed by atoms with Crippen LogP contribution in [0.15, 0.2) is 59.2 Å². The van der Waals surface area contributed by atoms with Crippen molar-refractivity contribution in [1.82, 2.24) is 25.6 Å². The quantitative estimate of drug-likeness (QED) is 0.433. The van der Waals surface area contributed by atoms with Crippen LogP contribution in [0.4, 0.5) is 10.1 Å². The van der Waals surface area contributed by atoms with Crippen molar-refractivity contribution in [1.29, 1.82) is 5.41 Å². The molecule has 10 heteroatoms. The van der Waals surface area contributed by atoms with E-state index in [0.717, 1.165) is 24.2 Å². The Kier molecular flexibility index (Phi) is 6.08. The van der Waals surface area contributed by atoms with Gasteiger partial charge in [0.25, 0.3) is 0 Å². The van der Waals surface area contributed by atoms with E-state index >= 15 is 0 Å². The van der Waals surface area contributed by atoms with Gasteiger partial charge in [-0.25, -0.2) is 19.3 Å². The molecule has 1 fully saturated rings. The third-order valence-electron chi connectivity index (χ3n) is 6.05. The zero-order chi connectivity index (χ0) is 24.7. The van der Waals surface area contributed by atoms with Crippen LogP contribution in [0, 0.1) is 5.41 Å². The Morgan fingerprint density at radius 1 is 1.26 bits per heavy atom. The number of aliphatic hydroxyl groups is 1. The lowest BCUT2D eigenvalue weighted by Gasteiger charge is -2.37. The Morgan fingerprint density at radius 2 is 2.03 bits per heavy atom. The van der Waals surface area contributed by atoms with Gasteiger partial charge in [0.1, 0.15) is 16.4 Å². The zero-order valence-corrected chi connectivity index (χ0v) is 20.4. The van der Waals surface area contributed by atoms with Crippen LogP contribution in [-0.2, 0) is 0 Å². The number of aliphatic hydroxyl groups excluding tert-OH is 1. The summed E-state index contributed by atoms with van der Waals surface area (Å²) in [6, 6.07) is 6.77. The molecule has 1 aliphatic heterocycles. The summed E-state index contributed by atoms with van der Waals surface area (Å²) in [5.74, 6) is -1.49. The fourth-order valence-corrected chi connectivity index (χ4v) is 5.21. The zero-order valence-electron chi connectivity index (χ0n) is 19.6. The lowest BCUT2D eigenvalue weighted by molar-refractivity contribution is 0.407. The van der Waals surface area contributed by atoms with Gasteiger partial charge in [0.15, 0.2) is 17.4 Å². The van der Waals surface area contributed by atoms with Crippen LogP contribution in [0.3, 0.4) is 0 Å². The van der Waals surface area contributed by atoms with Crippen LogP contribution in [0.25, 0.3) is 27.2 Å². The number of fused-ring (bicyclic) bond motifs is 1. The fourth-order valence-electron chi connectivity index (χ4n) is 4.57. The molecule has 1 saturated heterocycles. The first-order valence-corrected chi connectivity index (χ1v) is 12.2. The van der Waals surface area contributed by atoms with Gasteiger partial charge in [-0.2, -0.15) is 0 Å². The van der Waals surface area contributed by atoms with E-state index in [0.29, 0.717) is 28.3 Å². The molecule has 2 aromatic heterocycles. The van der Waals surface area contributed by atoms with Crippen molar-refractivity contribution in [2.45, 2.75) is 25.9 Å². The Hall–Kier alpha value is -3.63.